The molecule has 1 aromatic rings. The lowest BCUT2D eigenvalue weighted by Gasteiger charge is -2.02. The first kappa shape index (κ1) is 9.05. The molecule has 0 aromatic carbocycles. The van der Waals surface area contributed by atoms with Gasteiger partial charge in [0.2, 0.25) is 5.50 Å². The van der Waals surface area contributed by atoms with Gasteiger partial charge in [0.25, 0.3) is 0 Å². The summed E-state index contributed by atoms with van der Waals surface area (Å²) in [5.74, 6) is 0. The lowest BCUT2D eigenvalue weighted by Crippen LogP contribution is -2.06. The number of rotatable bonds is 2. The largest absolute Gasteiger partial charge is 0.261 e. The summed E-state index contributed by atoms with van der Waals surface area (Å²) in [5.41, 5.74) is -2.43. The van der Waals surface area contributed by atoms with Crippen molar-refractivity contribution in [2.45, 2.75) is 5.50 Å². The Labute approximate surface area is 69.4 Å². The molecular weight excluding hydrogens is 183 g/mol. The van der Waals surface area contributed by atoms with Crippen molar-refractivity contribution in [2.24, 2.45) is 0 Å². The molecule has 4 nitrogen and oxygen atoms in total. The minimum absolute atomic E-state index is 0.243. The molecule has 0 N–H and O–H groups in total. The standard InChI is InChI=1S/C6H6FN2O2S/c1-12(10,11)6(7)5-4-8-2-3-9-5/h2-4,6H,1H2. The zero-order chi connectivity index (χ0) is 9.19. The second-order valence-electron chi connectivity index (χ2n) is 2.11. The maximum atomic E-state index is 12.9. The lowest BCUT2D eigenvalue weighted by molar-refractivity contribution is 0.426. The summed E-state index contributed by atoms with van der Waals surface area (Å²) in [5, 5.41) is 0. The van der Waals surface area contributed by atoms with Gasteiger partial charge in [-0.1, -0.05) is 0 Å². The van der Waals surface area contributed by atoms with Crippen molar-refractivity contribution in [3.63, 3.8) is 0 Å². The molecule has 1 atom stereocenters. The van der Waals surface area contributed by atoms with E-state index in [1.807, 2.05) is 0 Å². The SMILES string of the molecule is [CH2]S(=O)(=O)C(F)c1cnccn1. The van der Waals surface area contributed by atoms with Crippen LogP contribution in [-0.4, -0.2) is 18.4 Å². The first-order chi connectivity index (χ1) is 5.52. The monoisotopic (exact) mass is 189 g/mol. The third-order valence-electron chi connectivity index (χ3n) is 1.13. The number of hydrogen-bond donors (Lipinski definition) is 0. The van der Waals surface area contributed by atoms with Crippen molar-refractivity contribution in [3.05, 3.63) is 30.5 Å². The van der Waals surface area contributed by atoms with Crippen molar-refractivity contribution >= 4 is 9.84 Å². The Morgan fingerprint density at radius 3 is 2.58 bits per heavy atom. The van der Waals surface area contributed by atoms with E-state index in [-0.39, 0.29) is 5.69 Å². The van der Waals surface area contributed by atoms with E-state index >= 15 is 0 Å². The van der Waals surface area contributed by atoms with E-state index in [2.05, 4.69) is 16.2 Å². The molecule has 0 fully saturated rings. The molecular formula is C6H6FN2O2S. The van der Waals surface area contributed by atoms with E-state index in [4.69, 9.17) is 0 Å². The Morgan fingerprint density at radius 1 is 1.50 bits per heavy atom. The number of nitrogens with zero attached hydrogens (tertiary/aromatic N) is 2. The Morgan fingerprint density at radius 2 is 2.17 bits per heavy atom. The summed E-state index contributed by atoms with van der Waals surface area (Å²) < 4.78 is 34.0. The van der Waals surface area contributed by atoms with E-state index in [9.17, 15) is 12.8 Å². The second kappa shape index (κ2) is 3.14. The zero-order valence-electron chi connectivity index (χ0n) is 6.01. The van der Waals surface area contributed by atoms with Crippen molar-refractivity contribution in [1.82, 2.24) is 9.97 Å². The van der Waals surface area contributed by atoms with Crippen LogP contribution in [0, 0.1) is 6.26 Å². The van der Waals surface area contributed by atoms with Crippen molar-refractivity contribution < 1.29 is 12.8 Å². The van der Waals surface area contributed by atoms with Gasteiger partial charge < -0.3 is 0 Å². The van der Waals surface area contributed by atoms with Crippen molar-refractivity contribution in [2.75, 3.05) is 0 Å². The third-order valence-corrected chi connectivity index (χ3v) is 2.00. The van der Waals surface area contributed by atoms with Crippen molar-refractivity contribution in [3.8, 4) is 0 Å². The fourth-order valence-corrected chi connectivity index (χ4v) is 1.10. The molecule has 0 saturated heterocycles. The summed E-state index contributed by atoms with van der Waals surface area (Å²) in [6, 6.07) is 0. The number of hydrogen-bond acceptors (Lipinski definition) is 4. The summed E-state index contributed by atoms with van der Waals surface area (Å²) in [7, 11) is -3.98. The van der Waals surface area contributed by atoms with Gasteiger partial charge in [0.15, 0.2) is 9.84 Å². The summed E-state index contributed by atoms with van der Waals surface area (Å²) in [6.07, 6.45) is 6.27. The van der Waals surface area contributed by atoms with Gasteiger partial charge in [0, 0.05) is 12.4 Å². The molecule has 1 unspecified atom stereocenters. The first-order valence-corrected chi connectivity index (χ1v) is 4.70. The fraction of sp³-hybridized carbons (Fsp3) is 0.167. The Bertz CT molecular complexity index is 351. The smallest absolute Gasteiger partial charge is 0.243 e. The van der Waals surface area contributed by atoms with E-state index in [1.165, 1.54) is 12.4 Å². The average molecular weight is 189 g/mol. The van der Waals surface area contributed by atoms with Crippen LogP contribution in [-0.2, 0) is 9.84 Å². The van der Waals surface area contributed by atoms with Gasteiger partial charge in [-0.05, 0) is 0 Å². The van der Waals surface area contributed by atoms with Gasteiger partial charge in [-0.25, -0.2) is 12.8 Å². The highest BCUT2D eigenvalue weighted by Gasteiger charge is 2.23. The van der Waals surface area contributed by atoms with Crippen LogP contribution in [0.3, 0.4) is 0 Å². The number of alkyl halides is 1. The minimum atomic E-state index is -3.98. The fourth-order valence-electron chi connectivity index (χ4n) is 0.612. The van der Waals surface area contributed by atoms with E-state index in [0.29, 0.717) is 0 Å². The van der Waals surface area contributed by atoms with Crippen LogP contribution < -0.4 is 0 Å². The quantitative estimate of drug-likeness (QED) is 0.685. The van der Waals surface area contributed by atoms with Crippen LogP contribution in [0.25, 0.3) is 0 Å². The van der Waals surface area contributed by atoms with Crippen LogP contribution in [0.15, 0.2) is 18.6 Å². The molecule has 0 bridgehead atoms. The molecule has 1 aromatic heterocycles. The Kier molecular flexibility index (Phi) is 2.37. The molecule has 1 rings (SSSR count). The molecule has 1 radical (unpaired) electrons. The van der Waals surface area contributed by atoms with Crippen LogP contribution in [0.5, 0.6) is 0 Å². The molecule has 6 heteroatoms. The molecule has 0 spiro atoms. The lowest BCUT2D eigenvalue weighted by atomic mass is 10.5. The van der Waals surface area contributed by atoms with Gasteiger partial charge in [0.1, 0.15) is 5.69 Å². The van der Waals surface area contributed by atoms with Crippen LogP contribution in [0.1, 0.15) is 11.2 Å². The normalized spacial score (nSPS) is 14.2. The van der Waals surface area contributed by atoms with Crippen LogP contribution in [0.4, 0.5) is 4.39 Å². The van der Waals surface area contributed by atoms with Gasteiger partial charge in [-0.2, -0.15) is 0 Å². The number of halogens is 1. The van der Waals surface area contributed by atoms with Gasteiger partial charge in [-0.15, -0.1) is 0 Å². The topological polar surface area (TPSA) is 59.9 Å². The predicted octanol–water partition coefficient (Wildman–Crippen LogP) is 0.651. The highest BCUT2D eigenvalue weighted by atomic mass is 32.2. The Hall–Kier alpha value is -1.04. The average Bonchev–Trinajstić information content (AvgIpc) is 2.03. The maximum absolute atomic E-state index is 12.9. The minimum Gasteiger partial charge on any atom is -0.261 e. The highest BCUT2D eigenvalue weighted by molar-refractivity contribution is 7.92. The second-order valence-corrected chi connectivity index (χ2v) is 3.85. The zero-order valence-corrected chi connectivity index (χ0v) is 6.83. The predicted molar refractivity (Wildman–Crippen MR) is 40.2 cm³/mol. The van der Waals surface area contributed by atoms with E-state index < -0.39 is 15.3 Å². The molecule has 12 heavy (non-hydrogen) atoms. The molecule has 0 saturated carbocycles. The molecule has 0 aliphatic rings. The third kappa shape index (κ3) is 1.97. The summed E-state index contributed by atoms with van der Waals surface area (Å²) in [6.45, 7) is 0. The summed E-state index contributed by atoms with van der Waals surface area (Å²) in [4.78, 5) is 7.01. The van der Waals surface area contributed by atoms with Crippen LogP contribution >= 0.6 is 0 Å². The van der Waals surface area contributed by atoms with E-state index in [1.54, 1.807) is 0 Å². The highest BCUT2D eigenvalue weighted by Crippen LogP contribution is 2.20. The molecule has 65 valence electrons. The Balaban J connectivity index is 3.02. The molecule has 0 amide bonds. The van der Waals surface area contributed by atoms with Crippen molar-refractivity contribution in [1.29, 1.82) is 0 Å². The molecule has 0 aliphatic carbocycles. The van der Waals surface area contributed by atoms with Crippen LogP contribution in [0.2, 0.25) is 0 Å². The van der Waals surface area contributed by atoms with E-state index in [0.717, 1.165) is 6.20 Å². The summed E-state index contributed by atoms with van der Waals surface area (Å²) >= 11 is 0. The molecule has 0 aliphatic heterocycles. The molecule has 1 heterocycles. The first-order valence-electron chi connectivity index (χ1n) is 2.98. The van der Waals surface area contributed by atoms with Gasteiger partial charge >= 0.3 is 0 Å². The number of aromatic nitrogens is 2. The van der Waals surface area contributed by atoms with Gasteiger partial charge in [-0.3, -0.25) is 9.97 Å². The maximum Gasteiger partial charge on any atom is 0.243 e. The number of sulfone groups is 1. The van der Waals surface area contributed by atoms with Gasteiger partial charge in [0.05, 0.1) is 12.5 Å².